The van der Waals surface area contributed by atoms with Crippen LogP contribution in [-0.4, -0.2) is 23.4 Å². The molecular formula is C12H19NO2. The Balaban J connectivity index is 2.24. The summed E-state index contributed by atoms with van der Waals surface area (Å²) >= 11 is 0. The third kappa shape index (κ3) is 4.93. The summed E-state index contributed by atoms with van der Waals surface area (Å²) in [6, 6.07) is 7.91. The van der Waals surface area contributed by atoms with Gasteiger partial charge in [0, 0.05) is 13.2 Å². The van der Waals surface area contributed by atoms with Gasteiger partial charge >= 0.3 is 0 Å². The Morgan fingerprint density at radius 3 is 2.60 bits per heavy atom. The number of unbranched alkanes of at least 4 members (excludes halogenated alkanes) is 1. The molecule has 0 unspecified atom stereocenters. The molecule has 0 saturated heterocycles. The summed E-state index contributed by atoms with van der Waals surface area (Å²) in [6.07, 6.45) is 1.85. The molecule has 0 bridgehead atoms. The Bertz CT molecular complexity index is 276. The van der Waals surface area contributed by atoms with Crippen molar-refractivity contribution in [1.29, 1.82) is 0 Å². The molecule has 3 N–H and O–H groups in total. The number of rotatable bonds is 7. The largest absolute Gasteiger partial charge is 0.396 e. The number of benzene rings is 1. The molecule has 0 aliphatic heterocycles. The highest BCUT2D eigenvalue weighted by Crippen LogP contribution is 2.04. The van der Waals surface area contributed by atoms with Crippen LogP contribution in [0.2, 0.25) is 0 Å². The van der Waals surface area contributed by atoms with Crippen molar-refractivity contribution in [2.24, 2.45) is 0 Å². The quantitative estimate of drug-likeness (QED) is 0.588. The van der Waals surface area contributed by atoms with Crippen LogP contribution in [0.5, 0.6) is 0 Å². The molecule has 0 amide bonds. The first kappa shape index (κ1) is 12.2. The van der Waals surface area contributed by atoms with Gasteiger partial charge in [0.15, 0.2) is 0 Å². The molecular weight excluding hydrogens is 190 g/mol. The van der Waals surface area contributed by atoms with Crippen LogP contribution in [-0.2, 0) is 13.2 Å². The lowest BCUT2D eigenvalue weighted by Gasteiger charge is -2.05. The average Bonchev–Trinajstić information content (AvgIpc) is 2.29. The summed E-state index contributed by atoms with van der Waals surface area (Å²) in [5.74, 6) is 0. The van der Waals surface area contributed by atoms with E-state index in [4.69, 9.17) is 10.2 Å². The Hall–Kier alpha value is -0.900. The van der Waals surface area contributed by atoms with E-state index in [1.807, 2.05) is 24.3 Å². The predicted octanol–water partition coefficient (Wildman–Crippen LogP) is 1.04. The Labute approximate surface area is 90.8 Å². The molecule has 3 nitrogen and oxygen atoms in total. The zero-order chi connectivity index (χ0) is 10.9. The number of aliphatic hydroxyl groups is 2. The van der Waals surface area contributed by atoms with E-state index < -0.39 is 0 Å². The second-order valence-electron chi connectivity index (χ2n) is 3.59. The Morgan fingerprint density at radius 2 is 1.87 bits per heavy atom. The maximum absolute atomic E-state index is 8.96. The zero-order valence-corrected chi connectivity index (χ0v) is 8.95. The summed E-state index contributed by atoms with van der Waals surface area (Å²) in [5.41, 5.74) is 2.13. The third-order valence-corrected chi connectivity index (χ3v) is 2.26. The van der Waals surface area contributed by atoms with E-state index in [0.717, 1.165) is 31.5 Å². The van der Waals surface area contributed by atoms with Crippen LogP contribution in [0, 0.1) is 0 Å². The van der Waals surface area contributed by atoms with Crippen molar-refractivity contribution in [1.82, 2.24) is 5.32 Å². The molecule has 0 spiro atoms. The number of hydrogen-bond donors (Lipinski definition) is 3. The highest BCUT2D eigenvalue weighted by molar-refractivity contribution is 5.22. The molecule has 15 heavy (non-hydrogen) atoms. The van der Waals surface area contributed by atoms with Crippen molar-refractivity contribution in [2.75, 3.05) is 13.2 Å². The molecule has 0 fully saturated rings. The molecule has 1 aromatic rings. The van der Waals surface area contributed by atoms with Gasteiger partial charge in [-0.25, -0.2) is 0 Å². The molecule has 0 aromatic heterocycles. The van der Waals surface area contributed by atoms with Crippen LogP contribution in [0.4, 0.5) is 0 Å². The van der Waals surface area contributed by atoms with Gasteiger partial charge < -0.3 is 15.5 Å². The fraction of sp³-hybridized carbons (Fsp3) is 0.500. The van der Waals surface area contributed by atoms with Crippen molar-refractivity contribution in [2.45, 2.75) is 26.0 Å². The molecule has 0 atom stereocenters. The summed E-state index contributed by atoms with van der Waals surface area (Å²) in [4.78, 5) is 0. The first-order valence-corrected chi connectivity index (χ1v) is 5.37. The van der Waals surface area contributed by atoms with Crippen LogP contribution < -0.4 is 5.32 Å². The first-order chi connectivity index (χ1) is 7.36. The lowest BCUT2D eigenvalue weighted by molar-refractivity contribution is 0.281. The molecule has 0 radical (unpaired) electrons. The Morgan fingerprint density at radius 1 is 1.07 bits per heavy atom. The molecule has 3 heteroatoms. The summed E-state index contributed by atoms with van der Waals surface area (Å²) in [5, 5.41) is 20.8. The minimum absolute atomic E-state index is 0.0956. The second-order valence-corrected chi connectivity index (χ2v) is 3.59. The standard InChI is InChI=1S/C12H19NO2/c14-7-2-1-6-13-9-11-4-3-5-12(8-11)10-15/h3-5,8,13-15H,1-2,6-7,9-10H2. The van der Waals surface area contributed by atoms with E-state index in [2.05, 4.69) is 5.32 Å². The van der Waals surface area contributed by atoms with Gasteiger partial charge in [-0.05, 0) is 30.5 Å². The monoisotopic (exact) mass is 209 g/mol. The SMILES string of the molecule is OCCCCNCc1cccc(CO)c1. The number of aliphatic hydroxyl groups excluding tert-OH is 2. The lowest BCUT2D eigenvalue weighted by Crippen LogP contribution is -2.15. The van der Waals surface area contributed by atoms with E-state index >= 15 is 0 Å². The van der Waals surface area contributed by atoms with Crippen molar-refractivity contribution in [3.63, 3.8) is 0 Å². The van der Waals surface area contributed by atoms with Crippen molar-refractivity contribution < 1.29 is 10.2 Å². The summed E-state index contributed by atoms with van der Waals surface area (Å²) < 4.78 is 0. The average molecular weight is 209 g/mol. The molecule has 0 aliphatic carbocycles. The second kappa shape index (κ2) is 7.40. The molecule has 1 aromatic carbocycles. The summed E-state index contributed by atoms with van der Waals surface area (Å²) in [6.45, 7) is 2.10. The minimum atomic E-state index is 0.0956. The maximum atomic E-state index is 8.96. The fourth-order valence-corrected chi connectivity index (χ4v) is 1.43. The minimum Gasteiger partial charge on any atom is -0.396 e. The summed E-state index contributed by atoms with van der Waals surface area (Å²) in [7, 11) is 0. The zero-order valence-electron chi connectivity index (χ0n) is 8.95. The van der Waals surface area contributed by atoms with Gasteiger partial charge in [-0.2, -0.15) is 0 Å². The first-order valence-electron chi connectivity index (χ1n) is 5.37. The highest BCUT2D eigenvalue weighted by Gasteiger charge is 1.94. The maximum Gasteiger partial charge on any atom is 0.0681 e. The van der Waals surface area contributed by atoms with Gasteiger partial charge in [0.05, 0.1) is 6.61 Å². The van der Waals surface area contributed by atoms with Crippen molar-refractivity contribution in [3.8, 4) is 0 Å². The smallest absolute Gasteiger partial charge is 0.0681 e. The van der Waals surface area contributed by atoms with Crippen LogP contribution in [0.1, 0.15) is 24.0 Å². The van der Waals surface area contributed by atoms with E-state index in [-0.39, 0.29) is 13.2 Å². The lowest BCUT2D eigenvalue weighted by atomic mass is 10.1. The van der Waals surface area contributed by atoms with Gasteiger partial charge in [-0.3, -0.25) is 0 Å². The predicted molar refractivity (Wildman–Crippen MR) is 60.4 cm³/mol. The third-order valence-electron chi connectivity index (χ3n) is 2.26. The van der Waals surface area contributed by atoms with Gasteiger partial charge in [0.1, 0.15) is 0 Å². The van der Waals surface area contributed by atoms with Crippen LogP contribution in [0.3, 0.4) is 0 Å². The molecule has 84 valence electrons. The van der Waals surface area contributed by atoms with Crippen molar-refractivity contribution in [3.05, 3.63) is 35.4 Å². The van der Waals surface area contributed by atoms with Gasteiger partial charge in [0.2, 0.25) is 0 Å². The fourth-order valence-electron chi connectivity index (χ4n) is 1.43. The molecule has 0 heterocycles. The number of hydrogen-bond acceptors (Lipinski definition) is 3. The van der Waals surface area contributed by atoms with Gasteiger partial charge in [-0.1, -0.05) is 24.3 Å². The van der Waals surface area contributed by atoms with Crippen molar-refractivity contribution >= 4 is 0 Å². The van der Waals surface area contributed by atoms with Gasteiger partial charge in [0.25, 0.3) is 0 Å². The van der Waals surface area contributed by atoms with E-state index in [9.17, 15) is 0 Å². The van der Waals surface area contributed by atoms with E-state index in [1.165, 1.54) is 5.56 Å². The molecule has 1 rings (SSSR count). The highest BCUT2D eigenvalue weighted by atomic mass is 16.3. The van der Waals surface area contributed by atoms with Crippen LogP contribution in [0.15, 0.2) is 24.3 Å². The topological polar surface area (TPSA) is 52.5 Å². The van der Waals surface area contributed by atoms with Gasteiger partial charge in [-0.15, -0.1) is 0 Å². The van der Waals surface area contributed by atoms with E-state index in [1.54, 1.807) is 0 Å². The van der Waals surface area contributed by atoms with Crippen LogP contribution in [0.25, 0.3) is 0 Å². The molecule has 0 aliphatic rings. The Kier molecular flexibility index (Phi) is 6.00. The van der Waals surface area contributed by atoms with Crippen LogP contribution >= 0.6 is 0 Å². The number of nitrogens with one attached hydrogen (secondary N) is 1. The normalized spacial score (nSPS) is 10.5. The molecule has 0 saturated carbocycles. The van der Waals surface area contributed by atoms with E-state index in [0.29, 0.717) is 0 Å².